The fourth-order valence-corrected chi connectivity index (χ4v) is 3.74. The Morgan fingerprint density at radius 2 is 2.09 bits per heavy atom. The van der Waals surface area contributed by atoms with Crippen LogP contribution in [0.25, 0.3) is 22.0 Å². The molecule has 4 rings (SSSR count). The maximum absolute atomic E-state index is 13.7. The Labute approximate surface area is 184 Å². The van der Waals surface area contributed by atoms with E-state index in [9.17, 15) is 14.4 Å². The van der Waals surface area contributed by atoms with Gasteiger partial charge in [0.05, 0.1) is 35.3 Å². The summed E-state index contributed by atoms with van der Waals surface area (Å²) in [6.45, 7) is 4.13. The van der Waals surface area contributed by atoms with E-state index in [0.717, 1.165) is 21.2 Å². The molecule has 0 radical (unpaired) electrons. The minimum absolute atomic E-state index is 0.217. The molecule has 0 spiro atoms. The summed E-state index contributed by atoms with van der Waals surface area (Å²) in [7, 11) is 1.70. The largest absolute Gasteiger partial charge is 0.493 e. The van der Waals surface area contributed by atoms with Crippen LogP contribution in [0.1, 0.15) is 35.8 Å². The van der Waals surface area contributed by atoms with E-state index in [4.69, 9.17) is 4.74 Å². The van der Waals surface area contributed by atoms with Crippen LogP contribution in [-0.4, -0.2) is 39.9 Å². The van der Waals surface area contributed by atoms with E-state index in [2.05, 4.69) is 10.2 Å². The topological polar surface area (TPSA) is 82.3 Å². The standard InChI is InChI=1S/C24H23FN4O3/c1-4-32-22-11-17(8-9-20(22)16-6-5-7-19(25)10-16)24(30)28(3)15(2)21-14-29(31)13-18-12-26-27-23(18)21/h5-15,31H,4H2,1-3H3/p+1/t15-/m0/s1. The summed E-state index contributed by atoms with van der Waals surface area (Å²) in [4.78, 5) is 14.9. The van der Waals surface area contributed by atoms with Gasteiger partial charge in [-0.15, -0.1) is 0 Å². The highest BCUT2D eigenvalue weighted by atomic mass is 19.1. The van der Waals surface area contributed by atoms with E-state index in [0.29, 0.717) is 29.0 Å². The number of carbonyl (C=O) groups excluding carboxylic acids is 1. The van der Waals surface area contributed by atoms with Gasteiger partial charge < -0.3 is 9.64 Å². The average molecular weight is 435 g/mol. The number of aromatic amines is 1. The van der Waals surface area contributed by atoms with Gasteiger partial charge >= 0.3 is 0 Å². The molecule has 0 saturated carbocycles. The maximum atomic E-state index is 13.7. The number of carbonyl (C=O) groups is 1. The number of hydrogen-bond donors (Lipinski definition) is 2. The lowest BCUT2D eigenvalue weighted by atomic mass is 10.0. The van der Waals surface area contributed by atoms with Gasteiger partial charge in [-0.05, 0) is 49.7 Å². The first kappa shape index (κ1) is 21.3. The molecule has 0 bridgehead atoms. The number of nitrogens with zero attached hydrogens (tertiary/aromatic N) is 3. The number of aromatic nitrogens is 3. The first-order valence-electron chi connectivity index (χ1n) is 10.3. The van der Waals surface area contributed by atoms with Crippen LogP contribution in [-0.2, 0) is 0 Å². The van der Waals surface area contributed by atoms with E-state index in [-0.39, 0.29) is 17.8 Å². The number of pyridine rings is 1. The minimum Gasteiger partial charge on any atom is -0.493 e. The second-order valence-electron chi connectivity index (χ2n) is 7.54. The molecule has 32 heavy (non-hydrogen) atoms. The van der Waals surface area contributed by atoms with E-state index in [1.54, 1.807) is 54.7 Å². The molecule has 0 fully saturated rings. The van der Waals surface area contributed by atoms with Gasteiger partial charge in [-0.1, -0.05) is 12.1 Å². The number of halogens is 1. The smallest absolute Gasteiger partial charge is 0.254 e. The van der Waals surface area contributed by atoms with Crippen LogP contribution in [0.3, 0.4) is 0 Å². The third-order valence-electron chi connectivity index (χ3n) is 5.52. The van der Waals surface area contributed by atoms with Crippen LogP contribution in [0.2, 0.25) is 0 Å². The van der Waals surface area contributed by atoms with Crippen LogP contribution >= 0.6 is 0 Å². The van der Waals surface area contributed by atoms with Crippen molar-refractivity contribution in [1.82, 2.24) is 15.1 Å². The fraction of sp³-hybridized carbons (Fsp3) is 0.208. The summed E-state index contributed by atoms with van der Waals surface area (Å²) in [5.41, 5.74) is 3.30. The van der Waals surface area contributed by atoms with Crippen molar-refractivity contribution in [2.75, 3.05) is 13.7 Å². The van der Waals surface area contributed by atoms with E-state index in [1.807, 2.05) is 13.8 Å². The quantitative estimate of drug-likeness (QED) is 0.353. The minimum atomic E-state index is -0.358. The molecule has 2 N–H and O–H groups in total. The maximum Gasteiger partial charge on any atom is 0.254 e. The molecular weight excluding hydrogens is 411 g/mol. The summed E-state index contributed by atoms with van der Waals surface area (Å²) < 4.78 is 20.5. The van der Waals surface area contributed by atoms with Crippen LogP contribution in [0.5, 0.6) is 5.75 Å². The van der Waals surface area contributed by atoms with Gasteiger partial charge in [-0.2, -0.15) is 5.10 Å². The summed E-state index contributed by atoms with van der Waals surface area (Å²) in [6, 6.07) is 11.0. The van der Waals surface area contributed by atoms with Crippen LogP contribution in [0, 0.1) is 5.82 Å². The SMILES string of the molecule is CCOc1cc(C(=O)N(C)[C@@H](C)c2c[n+](O)cc3cn[nH]c23)ccc1-c1cccc(F)c1. The molecule has 1 amide bonds. The fourth-order valence-electron chi connectivity index (χ4n) is 3.74. The molecule has 0 saturated heterocycles. The van der Waals surface area contributed by atoms with Crippen molar-refractivity contribution < 1.29 is 23.9 Å². The van der Waals surface area contributed by atoms with Crippen molar-refractivity contribution in [2.24, 2.45) is 0 Å². The summed E-state index contributed by atoms with van der Waals surface area (Å²) >= 11 is 0. The van der Waals surface area contributed by atoms with Gasteiger partial charge in [0.1, 0.15) is 11.6 Å². The highest BCUT2D eigenvalue weighted by Crippen LogP contribution is 2.33. The van der Waals surface area contributed by atoms with Crippen LogP contribution in [0.15, 0.2) is 61.1 Å². The Morgan fingerprint density at radius 1 is 1.28 bits per heavy atom. The second kappa shape index (κ2) is 8.66. The zero-order chi connectivity index (χ0) is 22.8. The lowest BCUT2D eigenvalue weighted by Crippen LogP contribution is -2.34. The summed E-state index contributed by atoms with van der Waals surface area (Å²) in [5.74, 6) is -0.0492. The van der Waals surface area contributed by atoms with Crippen molar-refractivity contribution in [3.63, 3.8) is 0 Å². The Hall–Kier alpha value is -3.94. The van der Waals surface area contributed by atoms with Gasteiger partial charge in [0.15, 0.2) is 0 Å². The van der Waals surface area contributed by atoms with Crippen molar-refractivity contribution in [2.45, 2.75) is 19.9 Å². The van der Waals surface area contributed by atoms with Gasteiger partial charge in [0, 0.05) is 22.9 Å². The molecule has 164 valence electrons. The molecule has 0 aliphatic heterocycles. The summed E-state index contributed by atoms with van der Waals surface area (Å²) in [6.07, 6.45) is 4.70. The lowest BCUT2D eigenvalue weighted by molar-refractivity contribution is -0.904. The van der Waals surface area contributed by atoms with Gasteiger partial charge in [-0.25, -0.2) is 4.39 Å². The van der Waals surface area contributed by atoms with Crippen molar-refractivity contribution in [1.29, 1.82) is 0 Å². The highest BCUT2D eigenvalue weighted by Gasteiger charge is 2.25. The normalized spacial score (nSPS) is 12.0. The molecule has 2 heterocycles. The molecule has 7 nitrogen and oxygen atoms in total. The summed E-state index contributed by atoms with van der Waals surface area (Å²) in [5, 5.41) is 17.7. The third kappa shape index (κ3) is 3.99. The number of benzene rings is 2. The second-order valence-corrected chi connectivity index (χ2v) is 7.54. The number of hydrogen-bond acceptors (Lipinski definition) is 4. The third-order valence-corrected chi connectivity index (χ3v) is 5.52. The van der Waals surface area contributed by atoms with Crippen molar-refractivity contribution in [3.05, 3.63) is 78.0 Å². The Kier molecular flexibility index (Phi) is 5.77. The first-order chi connectivity index (χ1) is 15.4. The Bertz CT molecular complexity index is 1290. The number of fused-ring (bicyclic) bond motifs is 1. The Morgan fingerprint density at radius 3 is 2.84 bits per heavy atom. The van der Waals surface area contributed by atoms with Crippen LogP contribution in [0.4, 0.5) is 4.39 Å². The molecule has 4 aromatic rings. The number of ether oxygens (including phenoxy) is 1. The van der Waals surface area contributed by atoms with Gasteiger partial charge in [0.25, 0.3) is 5.91 Å². The predicted molar refractivity (Wildman–Crippen MR) is 117 cm³/mol. The molecule has 0 aliphatic rings. The zero-order valence-corrected chi connectivity index (χ0v) is 18.0. The van der Waals surface area contributed by atoms with Crippen LogP contribution < -0.4 is 9.47 Å². The first-order valence-corrected chi connectivity index (χ1v) is 10.3. The van der Waals surface area contributed by atoms with Crippen molar-refractivity contribution >= 4 is 16.8 Å². The molecule has 8 heteroatoms. The predicted octanol–water partition coefficient (Wildman–Crippen LogP) is 4.13. The van der Waals surface area contributed by atoms with Gasteiger partial charge in [0.2, 0.25) is 12.4 Å². The number of rotatable bonds is 6. The lowest BCUT2D eigenvalue weighted by Gasteiger charge is -2.25. The van der Waals surface area contributed by atoms with Crippen molar-refractivity contribution in [3.8, 4) is 16.9 Å². The van der Waals surface area contributed by atoms with Gasteiger partial charge in [-0.3, -0.25) is 15.1 Å². The van der Waals surface area contributed by atoms with E-state index in [1.165, 1.54) is 18.3 Å². The molecule has 0 aliphatic carbocycles. The van der Waals surface area contributed by atoms with E-state index >= 15 is 0 Å². The zero-order valence-electron chi connectivity index (χ0n) is 18.0. The molecular formula is C24H24FN4O3+. The molecule has 2 aromatic carbocycles. The number of H-pyrrole nitrogens is 1. The molecule has 2 aromatic heterocycles. The Balaban J connectivity index is 1.67. The average Bonchev–Trinajstić information content (AvgIpc) is 3.25. The highest BCUT2D eigenvalue weighted by molar-refractivity contribution is 5.96. The molecule has 1 atom stereocenters. The number of nitrogens with one attached hydrogen (secondary N) is 1. The van der Waals surface area contributed by atoms with E-state index < -0.39 is 0 Å². The number of amides is 1. The molecule has 0 unspecified atom stereocenters. The monoisotopic (exact) mass is 435 g/mol.